The molecule has 0 aliphatic carbocycles. The third-order valence-electron chi connectivity index (χ3n) is 2.62. The Morgan fingerprint density at radius 2 is 2.20 bits per heavy atom. The minimum Gasteiger partial charge on any atom is -0.393 e. The number of nitrogen functional groups attached to an aromatic ring is 1. The summed E-state index contributed by atoms with van der Waals surface area (Å²) in [5.74, 6) is -0.415. The third kappa shape index (κ3) is 4.51. The van der Waals surface area contributed by atoms with E-state index in [2.05, 4.69) is 5.32 Å². The van der Waals surface area contributed by atoms with E-state index in [1.54, 1.807) is 0 Å². The molecule has 0 unspecified atom stereocenters. The van der Waals surface area contributed by atoms with Gasteiger partial charge in [0.2, 0.25) is 0 Å². The first-order chi connectivity index (χ1) is 9.57. The van der Waals surface area contributed by atoms with Gasteiger partial charge in [-0.25, -0.2) is 0 Å². The van der Waals surface area contributed by atoms with Crippen molar-refractivity contribution in [1.29, 1.82) is 0 Å². The summed E-state index contributed by atoms with van der Waals surface area (Å²) in [6, 6.07) is 4.17. The van der Waals surface area contributed by atoms with Crippen LogP contribution in [0.1, 0.15) is 30.1 Å². The fourth-order valence-corrected chi connectivity index (χ4v) is 1.63. The lowest BCUT2D eigenvalue weighted by Gasteiger charge is -2.08. The number of rotatable bonds is 8. The molecule has 110 valence electrons. The van der Waals surface area contributed by atoms with Crippen molar-refractivity contribution in [2.45, 2.75) is 19.8 Å². The molecule has 1 aromatic carbocycles. The van der Waals surface area contributed by atoms with E-state index in [-0.39, 0.29) is 16.9 Å². The molecule has 0 aromatic heterocycles. The van der Waals surface area contributed by atoms with Crippen molar-refractivity contribution < 1.29 is 14.5 Å². The lowest BCUT2D eigenvalue weighted by atomic mass is 10.1. The average molecular weight is 281 g/mol. The Labute approximate surface area is 117 Å². The van der Waals surface area contributed by atoms with Crippen LogP contribution in [0.2, 0.25) is 0 Å². The summed E-state index contributed by atoms with van der Waals surface area (Å²) in [4.78, 5) is 22.0. The van der Waals surface area contributed by atoms with Gasteiger partial charge >= 0.3 is 0 Å². The molecule has 0 aliphatic rings. The van der Waals surface area contributed by atoms with Gasteiger partial charge in [0.05, 0.1) is 10.5 Å². The first-order valence-electron chi connectivity index (χ1n) is 6.46. The van der Waals surface area contributed by atoms with Crippen LogP contribution in [-0.2, 0) is 4.74 Å². The van der Waals surface area contributed by atoms with E-state index >= 15 is 0 Å². The van der Waals surface area contributed by atoms with Crippen molar-refractivity contribution in [3.63, 3.8) is 0 Å². The molecular weight excluding hydrogens is 262 g/mol. The predicted molar refractivity (Wildman–Crippen MR) is 75.6 cm³/mol. The second-order valence-electron chi connectivity index (χ2n) is 4.22. The topological polar surface area (TPSA) is 107 Å². The molecule has 0 fully saturated rings. The second kappa shape index (κ2) is 8.11. The van der Waals surface area contributed by atoms with Gasteiger partial charge in [-0.3, -0.25) is 14.9 Å². The van der Waals surface area contributed by atoms with Gasteiger partial charge in [0, 0.05) is 25.8 Å². The number of para-hydroxylation sites is 1. The number of hydrogen-bond acceptors (Lipinski definition) is 5. The molecule has 7 heteroatoms. The van der Waals surface area contributed by atoms with Crippen LogP contribution in [0.3, 0.4) is 0 Å². The van der Waals surface area contributed by atoms with Crippen LogP contribution in [0.25, 0.3) is 0 Å². The van der Waals surface area contributed by atoms with E-state index in [0.29, 0.717) is 26.2 Å². The van der Waals surface area contributed by atoms with Crippen LogP contribution < -0.4 is 11.1 Å². The Morgan fingerprint density at radius 3 is 2.85 bits per heavy atom. The summed E-state index contributed by atoms with van der Waals surface area (Å²) < 4.78 is 5.28. The normalized spacial score (nSPS) is 10.2. The first kappa shape index (κ1) is 15.9. The molecule has 1 aromatic rings. The Kier molecular flexibility index (Phi) is 6.45. The van der Waals surface area contributed by atoms with Crippen molar-refractivity contribution >= 4 is 17.3 Å². The number of nitro groups is 1. The summed E-state index contributed by atoms with van der Waals surface area (Å²) in [7, 11) is 0. The number of benzene rings is 1. The highest BCUT2D eigenvalue weighted by atomic mass is 16.6. The molecule has 3 N–H and O–H groups in total. The maximum atomic E-state index is 11.9. The van der Waals surface area contributed by atoms with Crippen LogP contribution in [0.15, 0.2) is 18.2 Å². The zero-order valence-electron chi connectivity index (χ0n) is 11.4. The Bertz CT molecular complexity index is 477. The van der Waals surface area contributed by atoms with Gasteiger partial charge in [0.25, 0.3) is 11.6 Å². The predicted octanol–water partition coefficient (Wildman–Crippen LogP) is 1.72. The van der Waals surface area contributed by atoms with Gasteiger partial charge in [-0.1, -0.05) is 13.0 Å². The number of anilines is 1. The van der Waals surface area contributed by atoms with Crippen LogP contribution >= 0.6 is 0 Å². The standard InChI is InChI=1S/C13H19N3O4/c1-2-8-20-9-4-7-15-13(17)10-5-3-6-11(12(10)14)16(18)19/h3,5-6H,2,4,7-9,14H2,1H3,(H,15,17). The van der Waals surface area contributed by atoms with Crippen LogP contribution in [0, 0.1) is 10.1 Å². The van der Waals surface area contributed by atoms with E-state index < -0.39 is 10.8 Å². The van der Waals surface area contributed by atoms with Gasteiger partial charge in [-0.15, -0.1) is 0 Å². The van der Waals surface area contributed by atoms with Gasteiger partial charge in [-0.05, 0) is 18.9 Å². The highest BCUT2D eigenvalue weighted by Crippen LogP contribution is 2.24. The van der Waals surface area contributed by atoms with Crippen LogP contribution in [0.5, 0.6) is 0 Å². The Balaban J connectivity index is 2.52. The van der Waals surface area contributed by atoms with Gasteiger partial charge in [-0.2, -0.15) is 0 Å². The highest BCUT2D eigenvalue weighted by molar-refractivity contribution is 6.00. The summed E-state index contributed by atoms with van der Waals surface area (Å²) in [6.45, 7) is 3.72. The smallest absolute Gasteiger partial charge is 0.292 e. The number of nitro benzene ring substituents is 1. The minimum atomic E-state index is -0.606. The summed E-state index contributed by atoms with van der Waals surface area (Å²) in [6.07, 6.45) is 1.64. The maximum absolute atomic E-state index is 11.9. The van der Waals surface area contributed by atoms with Crippen molar-refractivity contribution in [1.82, 2.24) is 5.32 Å². The fraction of sp³-hybridized carbons (Fsp3) is 0.462. The molecule has 0 atom stereocenters. The van der Waals surface area contributed by atoms with E-state index in [0.717, 1.165) is 6.42 Å². The molecule has 0 spiro atoms. The van der Waals surface area contributed by atoms with Gasteiger partial charge < -0.3 is 15.8 Å². The molecule has 7 nitrogen and oxygen atoms in total. The number of carbonyl (C=O) groups is 1. The lowest BCUT2D eigenvalue weighted by Crippen LogP contribution is -2.26. The van der Waals surface area contributed by atoms with Crippen molar-refractivity contribution in [3.8, 4) is 0 Å². The van der Waals surface area contributed by atoms with Gasteiger partial charge in [0.15, 0.2) is 0 Å². The minimum absolute atomic E-state index is 0.114. The molecule has 0 saturated carbocycles. The molecule has 1 amide bonds. The molecular formula is C13H19N3O4. The Hall–Kier alpha value is -2.15. The highest BCUT2D eigenvalue weighted by Gasteiger charge is 2.18. The van der Waals surface area contributed by atoms with E-state index in [1.165, 1.54) is 18.2 Å². The first-order valence-corrected chi connectivity index (χ1v) is 6.46. The quantitative estimate of drug-likeness (QED) is 0.326. The number of nitrogens with zero attached hydrogens (tertiary/aromatic N) is 1. The summed E-state index contributed by atoms with van der Waals surface area (Å²) in [5, 5.41) is 13.4. The molecule has 0 radical (unpaired) electrons. The number of hydrogen-bond donors (Lipinski definition) is 2. The number of amides is 1. The molecule has 20 heavy (non-hydrogen) atoms. The maximum Gasteiger partial charge on any atom is 0.292 e. The average Bonchev–Trinajstić information content (AvgIpc) is 2.42. The zero-order chi connectivity index (χ0) is 15.0. The van der Waals surface area contributed by atoms with E-state index in [4.69, 9.17) is 10.5 Å². The largest absolute Gasteiger partial charge is 0.393 e. The number of nitrogens with one attached hydrogen (secondary N) is 1. The van der Waals surface area contributed by atoms with Crippen molar-refractivity contribution in [2.75, 3.05) is 25.5 Å². The molecule has 0 bridgehead atoms. The third-order valence-corrected chi connectivity index (χ3v) is 2.62. The number of nitrogens with two attached hydrogens (primary N) is 1. The SMILES string of the molecule is CCCOCCCNC(=O)c1cccc([N+](=O)[O-])c1N. The lowest BCUT2D eigenvalue weighted by molar-refractivity contribution is -0.383. The summed E-state index contributed by atoms with van der Waals surface area (Å²) >= 11 is 0. The monoisotopic (exact) mass is 281 g/mol. The van der Waals surface area contributed by atoms with Gasteiger partial charge in [0.1, 0.15) is 5.69 Å². The molecule has 0 saturated heterocycles. The van der Waals surface area contributed by atoms with E-state index in [1.807, 2.05) is 6.92 Å². The van der Waals surface area contributed by atoms with Crippen LogP contribution in [0.4, 0.5) is 11.4 Å². The number of ether oxygens (including phenoxy) is 1. The van der Waals surface area contributed by atoms with Crippen LogP contribution in [-0.4, -0.2) is 30.6 Å². The Morgan fingerprint density at radius 1 is 1.45 bits per heavy atom. The second-order valence-corrected chi connectivity index (χ2v) is 4.22. The summed E-state index contributed by atoms with van der Waals surface area (Å²) in [5.41, 5.74) is 5.37. The fourth-order valence-electron chi connectivity index (χ4n) is 1.63. The zero-order valence-corrected chi connectivity index (χ0v) is 11.4. The molecule has 1 rings (SSSR count). The number of carbonyl (C=O) groups excluding carboxylic acids is 1. The van der Waals surface area contributed by atoms with Crippen molar-refractivity contribution in [2.24, 2.45) is 0 Å². The van der Waals surface area contributed by atoms with Crippen molar-refractivity contribution in [3.05, 3.63) is 33.9 Å². The molecule has 0 heterocycles. The van der Waals surface area contributed by atoms with E-state index in [9.17, 15) is 14.9 Å². The molecule has 0 aliphatic heterocycles.